The molecule has 0 aromatic heterocycles. The van der Waals surface area contributed by atoms with Gasteiger partial charge in [-0.2, -0.15) is 5.26 Å². The van der Waals surface area contributed by atoms with Crippen LogP contribution in [-0.4, -0.2) is 12.6 Å². The number of hydrogen-bond acceptors (Lipinski definition) is 3. The van der Waals surface area contributed by atoms with Crippen molar-refractivity contribution in [2.75, 3.05) is 6.61 Å². The number of unbranched alkanes of at least 4 members (excludes halogenated alkanes) is 1. The lowest BCUT2D eigenvalue weighted by molar-refractivity contribution is 0.291. The van der Waals surface area contributed by atoms with E-state index in [2.05, 4.69) is 23.5 Å². The molecule has 1 N–H and O–H groups in total. The minimum absolute atomic E-state index is 0.216. The molecule has 2 rings (SSSR count). The van der Waals surface area contributed by atoms with E-state index in [1.54, 1.807) is 0 Å². The van der Waals surface area contributed by atoms with Crippen LogP contribution in [0, 0.1) is 16.7 Å². The predicted octanol–water partition coefficient (Wildman–Crippen LogP) is 4.04. The molecular formula is C18H26N2O. The van der Waals surface area contributed by atoms with Crippen LogP contribution in [0.3, 0.4) is 0 Å². The summed E-state index contributed by atoms with van der Waals surface area (Å²) in [6.45, 7) is 5.60. The lowest BCUT2D eigenvalue weighted by atomic mass is 9.89. The van der Waals surface area contributed by atoms with Crippen molar-refractivity contribution in [1.29, 1.82) is 5.26 Å². The summed E-state index contributed by atoms with van der Waals surface area (Å²) in [7, 11) is 0. The van der Waals surface area contributed by atoms with Crippen molar-refractivity contribution in [2.45, 2.75) is 58.5 Å². The first kappa shape index (κ1) is 15.9. The molecule has 1 aromatic carbocycles. The minimum Gasteiger partial charge on any atom is -0.493 e. The van der Waals surface area contributed by atoms with Gasteiger partial charge in [0, 0.05) is 18.2 Å². The van der Waals surface area contributed by atoms with Crippen molar-refractivity contribution in [3.8, 4) is 11.8 Å². The summed E-state index contributed by atoms with van der Waals surface area (Å²) in [6, 6.07) is 11.3. The van der Waals surface area contributed by atoms with Crippen LogP contribution >= 0.6 is 0 Å². The minimum atomic E-state index is -0.216. The number of benzene rings is 1. The highest BCUT2D eigenvalue weighted by Crippen LogP contribution is 2.24. The molecule has 0 saturated heterocycles. The average Bonchev–Trinajstić information content (AvgIpc) is 3.30. The Morgan fingerprint density at radius 3 is 2.76 bits per heavy atom. The maximum atomic E-state index is 8.99. The fourth-order valence-electron chi connectivity index (χ4n) is 2.24. The molecule has 21 heavy (non-hydrogen) atoms. The number of hydrogen-bond donors (Lipinski definition) is 1. The fraction of sp³-hybridized carbons (Fsp3) is 0.611. The second kappa shape index (κ2) is 7.47. The Hall–Kier alpha value is -1.53. The van der Waals surface area contributed by atoms with Gasteiger partial charge in [-0.05, 0) is 52.0 Å². The van der Waals surface area contributed by atoms with E-state index in [4.69, 9.17) is 10.00 Å². The van der Waals surface area contributed by atoms with Crippen molar-refractivity contribution in [1.82, 2.24) is 5.32 Å². The summed E-state index contributed by atoms with van der Waals surface area (Å²) < 4.78 is 5.92. The Morgan fingerprint density at radius 2 is 2.05 bits per heavy atom. The van der Waals surface area contributed by atoms with E-state index >= 15 is 0 Å². The molecule has 0 bridgehead atoms. The Bertz CT molecular complexity index is 486. The smallest absolute Gasteiger partial charge is 0.123 e. The van der Waals surface area contributed by atoms with Gasteiger partial charge in [0.15, 0.2) is 0 Å². The van der Waals surface area contributed by atoms with Gasteiger partial charge in [0.05, 0.1) is 18.1 Å². The lowest BCUT2D eigenvalue weighted by Crippen LogP contribution is -2.16. The maximum absolute atomic E-state index is 8.99. The van der Waals surface area contributed by atoms with Crippen molar-refractivity contribution < 1.29 is 4.74 Å². The molecule has 3 nitrogen and oxygen atoms in total. The monoisotopic (exact) mass is 286 g/mol. The molecule has 0 unspecified atom stereocenters. The number of nitrogens with one attached hydrogen (secondary N) is 1. The molecule has 0 aliphatic heterocycles. The maximum Gasteiger partial charge on any atom is 0.123 e. The number of para-hydroxylation sites is 1. The third-order valence-electron chi connectivity index (χ3n) is 3.89. The Labute approximate surface area is 128 Å². The van der Waals surface area contributed by atoms with Gasteiger partial charge in [0.2, 0.25) is 0 Å². The molecule has 1 saturated carbocycles. The third-order valence-corrected chi connectivity index (χ3v) is 3.89. The van der Waals surface area contributed by atoms with E-state index < -0.39 is 0 Å². The molecule has 1 aromatic rings. The van der Waals surface area contributed by atoms with Crippen LogP contribution in [-0.2, 0) is 6.54 Å². The Balaban J connectivity index is 1.71. The molecule has 0 radical (unpaired) electrons. The van der Waals surface area contributed by atoms with Crippen molar-refractivity contribution in [2.24, 2.45) is 5.41 Å². The number of nitriles is 1. The van der Waals surface area contributed by atoms with Gasteiger partial charge in [-0.15, -0.1) is 0 Å². The second-order valence-electron chi connectivity index (χ2n) is 6.56. The highest BCUT2D eigenvalue weighted by atomic mass is 16.5. The topological polar surface area (TPSA) is 45.0 Å². The van der Waals surface area contributed by atoms with E-state index in [1.165, 1.54) is 18.4 Å². The van der Waals surface area contributed by atoms with Crippen LogP contribution in [0.25, 0.3) is 0 Å². The molecule has 0 spiro atoms. The SMILES string of the molecule is CC(C)(C#N)CCCCOc1ccccc1CNC1CC1. The first-order valence-electron chi connectivity index (χ1n) is 7.96. The van der Waals surface area contributed by atoms with Gasteiger partial charge in [-0.1, -0.05) is 18.2 Å². The molecule has 0 atom stereocenters. The summed E-state index contributed by atoms with van der Waals surface area (Å²) in [5.74, 6) is 0.991. The summed E-state index contributed by atoms with van der Waals surface area (Å²) in [5, 5.41) is 12.5. The molecule has 114 valence electrons. The molecule has 1 fully saturated rings. The molecule has 0 amide bonds. The second-order valence-corrected chi connectivity index (χ2v) is 6.56. The molecule has 3 heteroatoms. The first-order valence-corrected chi connectivity index (χ1v) is 7.96. The average molecular weight is 286 g/mol. The van der Waals surface area contributed by atoms with Crippen LogP contribution in [0.5, 0.6) is 5.75 Å². The van der Waals surface area contributed by atoms with Crippen LogP contribution in [0.1, 0.15) is 51.5 Å². The fourth-order valence-corrected chi connectivity index (χ4v) is 2.24. The summed E-state index contributed by atoms with van der Waals surface area (Å²) in [4.78, 5) is 0. The van der Waals surface area contributed by atoms with Crippen LogP contribution in [0.2, 0.25) is 0 Å². The molecule has 0 heterocycles. The van der Waals surface area contributed by atoms with E-state index in [0.717, 1.165) is 38.2 Å². The van der Waals surface area contributed by atoms with Crippen molar-refractivity contribution >= 4 is 0 Å². The predicted molar refractivity (Wildman–Crippen MR) is 85.0 cm³/mol. The molecule has 1 aliphatic rings. The van der Waals surface area contributed by atoms with Gasteiger partial charge in [0.1, 0.15) is 5.75 Å². The van der Waals surface area contributed by atoms with E-state index in [0.29, 0.717) is 6.04 Å². The first-order chi connectivity index (χ1) is 10.1. The number of rotatable bonds is 9. The normalized spacial score (nSPS) is 14.7. The van der Waals surface area contributed by atoms with Crippen molar-refractivity contribution in [3.63, 3.8) is 0 Å². The van der Waals surface area contributed by atoms with Crippen LogP contribution in [0.15, 0.2) is 24.3 Å². The third kappa shape index (κ3) is 5.77. The zero-order valence-electron chi connectivity index (χ0n) is 13.2. The largest absolute Gasteiger partial charge is 0.493 e. The van der Waals surface area contributed by atoms with Gasteiger partial charge in [-0.25, -0.2) is 0 Å². The number of nitrogens with zero attached hydrogens (tertiary/aromatic N) is 1. The summed E-state index contributed by atoms with van der Waals surface area (Å²) in [5.41, 5.74) is 1.02. The molecular weight excluding hydrogens is 260 g/mol. The van der Waals surface area contributed by atoms with E-state index in [1.807, 2.05) is 26.0 Å². The van der Waals surface area contributed by atoms with Gasteiger partial charge < -0.3 is 10.1 Å². The quantitative estimate of drug-likeness (QED) is 0.697. The Kier molecular flexibility index (Phi) is 5.64. The van der Waals surface area contributed by atoms with Gasteiger partial charge in [-0.3, -0.25) is 0 Å². The zero-order valence-corrected chi connectivity index (χ0v) is 13.2. The van der Waals surface area contributed by atoms with Gasteiger partial charge >= 0.3 is 0 Å². The van der Waals surface area contributed by atoms with E-state index in [9.17, 15) is 0 Å². The standard InChI is InChI=1S/C18H26N2O/c1-18(2,14-19)11-5-6-12-21-17-8-4-3-7-15(17)13-20-16-9-10-16/h3-4,7-8,16,20H,5-6,9-13H2,1-2H3. The summed E-state index contributed by atoms with van der Waals surface area (Å²) >= 11 is 0. The Morgan fingerprint density at radius 1 is 1.29 bits per heavy atom. The van der Waals surface area contributed by atoms with Crippen LogP contribution < -0.4 is 10.1 Å². The van der Waals surface area contributed by atoms with Crippen LogP contribution in [0.4, 0.5) is 0 Å². The molecule has 1 aliphatic carbocycles. The number of ether oxygens (including phenoxy) is 1. The zero-order chi connectivity index (χ0) is 15.1. The van der Waals surface area contributed by atoms with Gasteiger partial charge in [0.25, 0.3) is 0 Å². The van der Waals surface area contributed by atoms with Crippen molar-refractivity contribution in [3.05, 3.63) is 29.8 Å². The highest BCUT2D eigenvalue weighted by Gasteiger charge is 2.20. The summed E-state index contributed by atoms with van der Waals surface area (Å²) in [6.07, 6.45) is 5.56. The van der Waals surface area contributed by atoms with E-state index in [-0.39, 0.29) is 5.41 Å². The lowest BCUT2D eigenvalue weighted by Gasteiger charge is -2.15. The highest BCUT2D eigenvalue weighted by molar-refractivity contribution is 5.33.